The summed E-state index contributed by atoms with van der Waals surface area (Å²) in [7, 11) is 3.26. The number of aliphatic hydroxyl groups is 1. The average Bonchev–Trinajstić information content (AvgIpc) is 2.66. The van der Waals surface area contributed by atoms with Crippen LogP contribution in [0.5, 0.6) is 0 Å². The molecule has 0 aliphatic rings. The maximum absolute atomic E-state index is 9.26. The van der Waals surface area contributed by atoms with Gasteiger partial charge in [-0.25, -0.2) is 0 Å². The number of ether oxygens (including phenoxy) is 8. The van der Waals surface area contributed by atoms with Crippen molar-refractivity contribution in [2.24, 2.45) is 0 Å². The largest absolute Gasteiger partial charge is 0.394 e. The van der Waals surface area contributed by atoms with Gasteiger partial charge in [0.05, 0.1) is 92.5 Å². The molecule has 0 saturated carbocycles. The number of aliphatic hydroxyl groups excluding tert-OH is 1. The normalized spacial score (nSPS) is 12.6. The highest BCUT2D eigenvalue weighted by atomic mass is 16.6. The van der Waals surface area contributed by atoms with E-state index >= 15 is 0 Å². The average molecular weight is 384 g/mol. The van der Waals surface area contributed by atoms with Crippen LogP contribution in [0.15, 0.2) is 0 Å². The van der Waals surface area contributed by atoms with Crippen LogP contribution in [0.2, 0.25) is 0 Å². The zero-order chi connectivity index (χ0) is 19.1. The van der Waals surface area contributed by atoms with Gasteiger partial charge in [0.15, 0.2) is 0 Å². The highest BCUT2D eigenvalue weighted by Gasteiger charge is 2.07. The third kappa shape index (κ3) is 20.0. The van der Waals surface area contributed by atoms with Crippen molar-refractivity contribution in [3.8, 4) is 0 Å². The molecule has 0 radical (unpaired) electrons. The van der Waals surface area contributed by atoms with Crippen LogP contribution in [0.4, 0.5) is 0 Å². The van der Waals surface area contributed by atoms with E-state index in [-0.39, 0.29) is 12.7 Å². The maximum Gasteiger partial charge on any atom is 0.104 e. The molecule has 0 fully saturated rings. The molecule has 0 aliphatic heterocycles. The van der Waals surface area contributed by atoms with Crippen molar-refractivity contribution in [2.75, 3.05) is 107 Å². The summed E-state index contributed by atoms with van der Waals surface area (Å²) >= 11 is 0. The van der Waals surface area contributed by atoms with E-state index in [1.54, 1.807) is 14.2 Å². The minimum Gasteiger partial charge on any atom is -0.394 e. The Hall–Kier alpha value is -0.360. The van der Waals surface area contributed by atoms with Gasteiger partial charge in [-0.2, -0.15) is 0 Å². The topological polar surface area (TPSA) is 94.1 Å². The lowest BCUT2D eigenvalue weighted by Gasteiger charge is -2.16. The van der Waals surface area contributed by atoms with Crippen LogP contribution in [0.3, 0.4) is 0 Å². The van der Waals surface area contributed by atoms with E-state index in [0.717, 1.165) is 0 Å². The third-order valence-corrected chi connectivity index (χ3v) is 3.07. The van der Waals surface area contributed by atoms with Crippen molar-refractivity contribution in [3.05, 3.63) is 0 Å². The van der Waals surface area contributed by atoms with Crippen LogP contribution < -0.4 is 0 Å². The van der Waals surface area contributed by atoms with E-state index in [2.05, 4.69) is 0 Å². The smallest absolute Gasteiger partial charge is 0.104 e. The summed E-state index contributed by atoms with van der Waals surface area (Å²) in [6, 6.07) is 0. The molecule has 1 atom stereocenters. The first-order valence-electron chi connectivity index (χ1n) is 8.94. The third-order valence-electron chi connectivity index (χ3n) is 3.07. The lowest BCUT2D eigenvalue weighted by molar-refractivity contribution is -0.0707. The van der Waals surface area contributed by atoms with E-state index in [0.29, 0.717) is 85.9 Å². The second-order valence-electron chi connectivity index (χ2n) is 5.19. The summed E-state index contributed by atoms with van der Waals surface area (Å²) < 4.78 is 41.9. The fourth-order valence-corrected chi connectivity index (χ4v) is 1.69. The highest BCUT2D eigenvalue weighted by Crippen LogP contribution is 1.94. The minimum absolute atomic E-state index is 0.103. The summed E-state index contributed by atoms with van der Waals surface area (Å²) in [6.45, 7) is 6.30. The molecule has 158 valence electrons. The molecule has 0 heterocycles. The van der Waals surface area contributed by atoms with Gasteiger partial charge in [0.1, 0.15) is 6.10 Å². The molecule has 9 heteroatoms. The van der Waals surface area contributed by atoms with Crippen LogP contribution in [-0.4, -0.2) is 118 Å². The molecular formula is C17H36O9. The Morgan fingerprint density at radius 1 is 0.538 bits per heavy atom. The first-order valence-corrected chi connectivity index (χ1v) is 8.94. The number of hydrogen-bond donors (Lipinski definition) is 1. The van der Waals surface area contributed by atoms with Crippen molar-refractivity contribution in [1.29, 1.82) is 0 Å². The van der Waals surface area contributed by atoms with Crippen LogP contribution in [0.1, 0.15) is 0 Å². The van der Waals surface area contributed by atoms with Crippen molar-refractivity contribution >= 4 is 0 Å². The Balaban J connectivity index is 3.28. The molecule has 9 nitrogen and oxygen atoms in total. The van der Waals surface area contributed by atoms with Gasteiger partial charge in [0.2, 0.25) is 0 Å². The second kappa shape index (κ2) is 22.7. The molecule has 0 bridgehead atoms. The summed E-state index contributed by atoms with van der Waals surface area (Å²) in [5.74, 6) is 0. The molecule has 0 rings (SSSR count). The standard InChI is InChI=1S/C17H36O9/c1-19-3-5-21-7-9-23-11-12-25-16-17(15-18)26-14-13-24-10-8-22-6-4-20-2/h17-18H,3-16H2,1-2H3. The lowest BCUT2D eigenvalue weighted by Crippen LogP contribution is -2.27. The Morgan fingerprint density at radius 3 is 1.35 bits per heavy atom. The molecule has 26 heavy (non-hydrogen) atoms. The maximum atomic E-state index is 9.26. The van der Waals surface area contributed by atoms with E-state index in [1.165, 1.54) is 0 Å². The Bertz CT molecular complexity index is 256. The summed E-state index contributed by atoms with van der Waals surface area (Å²) in [6.07, 6.45) is -0.367. The van der Waals surface area contributed by atoms with Gasteiger partial charge in [0.25, 0.3) is 0 Å². The molecule has 0 aromatic carbocycles. The molecule has 0 aromatic rings. The quantitative estimate of drug-likeness (QED) is 0.253. The van der Waals surface area contributed by atoms with Gasteiger partial charge in [0, 0.05) is 14.2 Å². The van der Waals surface area contributed by atoms with Gasteiger partial charge in [-0.3, -0.25) is 0 Å². The molecule has 0 spiro atoms. The molecule has 1 N–H and O–H groups in total. The van der Waals surface area contributed by atoms with E-state index in [4.69, 9.17) is 37.9 Å². The predicted octanol–water partition coefficient (Wildman–Crippen LogP) is -0.260. The van der Waals surface area contributed by atoms with Gasteiger partial charge in [-0.15, -0.1) is 0 Å². The predicted molar refractivity (Wildman–Crippen MR) is 94.7 cm³/mol. The zero-order valence-electron chi connectivity index (χ0n) is 16.2. The van der Waals surface area contributed by atoms with Crippen molar-refractivity contribution in [2.45, 2.75) is 6.10 Å². The second-order valence-corrected chi connectivity index (χ2v) is 5.19. The molecule has 1 unspecified atom stereocenters. The summed E-state index contributed by atoms with van der Waals surface area (Å²) in [4.78, 5) is 0. The molecule has 0 amide bonds. The fourth-order valence-electron chi connectivity index (χ4n) is 1.69. The molecular weight excluding hydrogens is 348 g/mol. The van der Waals surface area contributed by atoms with Crippen LogP contribution >= 0.6 is 0 Å². The SMILES string of the molecule is COCCOCCOCCOCC(CO)OCCOCCOCCOC. The van der Waals surface area contributed by atoms with Crippen LogP contribution in [0.25, 0.3) is 0 Å². The summed E-state index contributed by atoms with van der Waals surface area (Å²) in [5.41, 5.74) is 0. The van der Waals surface area contributed by atoms with E-state index < -0.39 is 0 Å². The van der Waals surface area contributed by atoms with Crippen LogP contribution in [-0.2, 0) is 37.9 Å². The summed E-state index contributed by atoms with van der Waals surface area (Å²) in [5, 5.41) is 9.26. The van der Waals surface area contributed by atoms with E-state index in [9.17, 15) is 5.11 Å². The Labute approximate surface area is 156 Å². The first-order chi connectivity index (χ1) is 12.8. The van der Waals surface area contributed by atoms with Gasteiger partial charge in [-0.1, -0.05) is 0 Å². The molecule has 0 aromatic heterocycles. The van der Waals surface area contributed by atoms with Crippen molar-refractivity contribution in [3.63, 3.8) is 0 Å². The zero-order valence-corrected chi connectivity index (χ0v) is 16.2. The van der Waals surface area contributed by atoms with Crippen molar-refractivity contribution in [1.82, 2.24) is 0 Å². The molecule has 0 saturated heterocycles. The van der Waals surface area contributed by atoms with E-state index in [1.807, 2.05) is 0 Å². The van der Waals surface area contributed by atoms with Gasteiger partial charge >= 0.3 is 0 Å². The first kappa shape index (κ1) is 25.6. The monoisotopic (exact) mass is 384 g/mol. The molecule has 0 aliphatic carbocycles. The van der Waals surface area contributed by atoms with Gasteiger partial charge in [-0.05, 0) is 0 Å². The highest BCUT2D eigenvalue weighted by molar-refractivity contribution is 4.53. The number of rotatable bonds is 22. The van der Waals surface area contributed by atoms with Gasteiger partial charge < -0.3 is 43.0 Å². The fraction of sp³-hybridized carbons (Fsp3) is 1.00. The Morgan fingerprint density at radius 2 is 0.923 bits per heavy atom. The minimum atomic E-state index is -0.367. The Kier molecular flexibility index (Phi) is 22.4. The lowest BCUT2D eigenvalue weighted by atomic mass is 10.4. The number of hydrogen-bond acceptors (Lipinski definition) is 9. The van der Waals surface area contributed by atoms with Crippen molar-refractivity contribution < 1.29 is 43.0 Å². The number of methoxy groups -OCH3 is 2. The van der Waals surface area contributed by atoms with Crippen LogP contribution in [0, 0.1) is 0 Å².